The van der Waals surface area contributed by atoms with Gasteiger partial charge in [-0.2, -0.15) is 0 Å². The van der Waals surface area contributed by atoms with Gasteiger partial charge in [-0.25, -0.2) is 0 Å². The molecule has 0 saturated carbocycles. The Morgan fingerprint density at radius 2 is 2.00 bits per heavy atom. The lowest BCUT2D eigenvalue weighted by molar-refractivity contribution is 0.723. The summed E-state index contributed by atoms with van der Waals surface area (Å²) in [5, 5.41) is 4.26. The second kappa shape index (κ2) is 6.02. The van der Waals surface area contributed by atoms with Gasteiger partial charge in [0.05, 0.1) is 0 Å². The normalized spacial score (nSPS) is 12.8. The van der Waals surface area contributed by atoms with Crippen molar-refractivity contribution >= 4 is 55.6 Å². The largest absolute Gasteiger partial charge is 0.324 e. The van der Waals surface area contributed by atoms with Crippen LogP contribution >= 0.6 is 45.5 Å². The molecule has 0 fully saturated rings. The first-order valence-electron chi connectivity index (χ1n) is 6.31. The van der Waals surface area contributed by atoms with Gasteiger partial charge in [0, 0.05) is 19.3 Å². The molecule has 0 aliphatic rings. The molecular weight excluding hydrogens is 401 g/mol. The molecule has 3 aromatic rings. The summed E-state index contributed by atoms with van der Waals surface area (Å²) in [7, 11) is 0. The molecule has 1 heterocycles. The van der Waals surface area contributed by atoms with Gasteiger partial charge < -0.3 is 5.73 Å². The Bertz CT molecular complexity index is 753. The van der Waals surface area contributed by atoms with Gasteiger partial charge >= 0.3 is 0 Å². The Labute approximate surface area is 140 Å². The minimum Gasteiger partial charge on any atom is -0.324 e. The van der Waals surface area contributed by atoms with Crippen molar-refractivity contribution in [2.75, 3.05) is 0 Å². The third-order valence-corrected chi connectivity index (χ3v) is 5.59. The second-order valence-electron chi connectivity index (χ2n) is 4.73. The molecule has 1 atom stereocenters. The van der Waals surface area contributed by atoms with E-state index in [2.05, 4.69) is 52.2 Å². The van der Waals surface area contributed by atoms with Gasteiger partial charge in [0.25, 0.3) is 0 Å². The van der Waals surface area contributed by atoms with Gasteiger partial charge in [0.1, 0.15) is 0 Å². The minimum absolute atomic E-state index is 0.0291. The van der Waals surface area contributed by atoms with Gasteiger partial charge in [0.2, 0.25) is 0 Å². The molecule has 4 heteroatoms. The first-order valence-corrected chi connectivity index (χ1v) is 8.64. The predicted octanol–water partition coefficient (Wildman–Crippen LogP) is 5.40. The van der Waals surface area contributed by atoms with Crippen LogP contribution in [-0.2, 0) is 6.42 Å². The van der Waals surface area contributed by atoms with Crippen LogP contribution in [0.4, 0.5) is 0 Å². The highest BCUT2D eigenvalue weighted by atomic mass is 127. The smallest absolute Gasteiger partial charge is 0.0410 e. The molecule has 20 heavy (non-hydrogen) atoms. The maximum absolute atomic E-state index is 6.39. The molecule has 0 saturated heterocycles. The van der Waals surface area contributed by atoms with Crippen LogP contribution in [0.1, 0.15) is 17.2 Å². The van der Waals surface area contributed by atoms with E-state index in [1.165, 1.54) is 19.2 Å². The highest BCUT2D eigenvalue weighted by molar-refractivity contribution is 14.1. The van der Waals surface area contributed by atoms with Crippen molar-refractivity contribution in [3.8, 4) is 0 Å². The third kappa shape index (κ3) is 2.86. The molecule has 0 aliphatic carbocycles. The third-order valence-electron chi connectivity index (χ3n) is 3.36. The highest BCUT2D eigenvalue weighted by Crippen LogP contribution is 2.30. The van der Waals surface area contributed by atoms with E-state index in [1.807, 2.05) is 18.2 Å². The first kappa shape index (κ1) is 14.3. The predicted molar refractivity (Wildman–Crippen MR) is 96.6 cm³/mol. The Morgan fingerprint density at radius 1 is 1.20 bits per heavy atom. The summed E-state index contributed by atoms with van der Waals surface area (Å²) < 4.78 is 2.48. The van der Waals surface area contributed by atoms with Crippen molar-refractivity contribution in [1.82, 2.24) is 0 Å². The fourth-order valence-electron chi connectivity index (χ4n) is 2.34. The first-order chi connectivity index (χ1) is 9.65. The zero-order chi connectivity index (χ0) is 14.1. The molecule has 0 amide bonds. The van der Waals surface area contributed by atoms with E-state index in [0.29, 0.717) is 0 Å². The number of fused-ring (bicyclic) bond motifs is 1. The van der Waals surface area contributed by atoms with Crippen LogP contribution in [0.25, 0.3) is 10.1 Å². The quantitative estimate of drug-likeness (QED) is 0.572. The molecule has 0 radical (unpaired) electrons. The fourth-order valence-corrected chi connectivity index (χ4v) is 4.23. The van der Waals surface area contributed by atoms with Crippen LogP contribution in [0.5, 0.6) is 0 Å². The maximum Gasteiger partial charge on any atom is 0.0410 e. The van der Waals surface area contributed by atoms with E-state index in [-0.39, 0.29) is 6.04 Å². The summed E-state index contributed by atoms with van der Waals surface area (Å²) in [4.78, 5) is 0. The number of hydrogen-bond acceptors (Lipinski definition) is 2. The lowest BCUT2D eigenvalue weighted by Crippen LogP contribution is -2.14. The number of halogens is 2. The van der Waals surface area contributed by atoms with Crippen LogP contribution in [-0.4, -0.2) is 0 Å². The Kier molecular flexibility index (Phi) is 4.31. The molecule has 3 rings (SSSR count). The lowest BCUT2D eigenvalue weighted by Gasteiger charge is -2.14. The molecule has 0 aliphatic heterocycles. The Balaban J connectivity index is 1.92. The van der Waals surface area contributed by atoms with Crippen molar-refractivity contribution in [3.63, 3.8) is 0 Å². The SMILES string of the molecule is NC(Cc1csc2ccccc12)c1cc(Cl)ccc1I. The van der Waals surface area contributed by atoms with Crippen LogP contribution < -0.4 is 5.73 Å². The maximum atomic E-state index is 6.39. The zero-order valence-corrected chi connectivity index (χ0v) is 14.4. The Hall–Kier alpha value is -0.620. The molecule has 102 valence electrons. The van der Waals surface area contributed by atoms with Crippen LogP contribution in [0.15, 0.2) is 47.8 Å². The van der Waals surface area contributed by atoms with E-state index in [9.17, 15) is 0 Å². The summed E-state index contributed by atoms with van der Waals surface area (Å²) in [6.07, 6.45) is 0.834. The van der Waals surface area contributed by atoms with E-state index in [4.69, 9.17) is 17.3 Å². The second-order valence-corrected chi connectivity index (χ2v) is 7.24. The average molecular weight is 414 g/mol. The molecule has 1 unspecified atom stereocenters. The van der Waals surface area contributed by atoms with E-state index in [0.717, 1.165) is 17.0 Å². The number of thiophene rings is 1. The van der Waals surface area contributed by atoms with Crippen molar-refractivity contribution in [1.29, 1.82) is 0 Å². The van der Waals surface area contributed by atoms with Crippen LogP contribution in [0.2, 0.25) is 5.02 Å². The average Bonchev–Trinajstić information content (AvgIpc) is 2.85. The van der Waals surface area contributed by atoms with Crippen molar-refractivity contribution in [3.05, 3.63) is 67.6 Å². The molecular formula is C16H13ClINS. The molecule has 2 N–H and O–H groups in total. The van der Waals surface area contributed by atoms with Gasteiger partial charge in [-0.1, -0.05) is 29.8 Å². The summed E-state index contributed by atoms with van der Waals surface area (Å²) in [6, 6.07) is 14.3. The zero-order valence-electron chi connectivity index (χ0n) is 10.6. The molecule has 0 bridgehead atoms. The molecule has 1 nitrogen and oxygen atoms in total. The van der Waals surface area contributed by atoms with Crippen LogP contribution in [0, 0.1) is 3.57 Å². The molecule has 0 spiro atoms. The molecule has 1 aromatic heterocycles. The van der Waals surface area contributed by atoms with Crippen molar-refractivity contribution in [2.45, 2.75) is 12.5 Å². The topological polar surface area (TPSA) is 26.0 Å². The van der Waals surface area contributed by atoms with Gasteiger partial charge in [0.15, 0.2) is 0 Å². The van der Waals surface area contributed by atoms with E-state index < -0.39 is 0 Å². The highest BCUT2D eigenvalue weighted by Gasteiger charge is 2.13. The number of rotatable bonds is 3. The van der Waals surface area contributed by atoms with Gasteiger partial charge in [-0.3, -0.25) is 0 Å². The van der Waals surface area contributed by atoms with E-state index >= 15 is 0 Å². The number of hydrogen-bond donors (Lipinski definition) is 1. The summed E-state index contributed by atoms with van der Waals surface area (Å²) in [5.41, 5.74) is 8.82. The standard InChI is InChI=1S/C16H13ClINS/c17-11-5-6-14(18)13(8-11)15(19)7-10-9-20-16-4-2-1-3-12(10)16/h1-6,8-9,15H,7,19H2. The van der Waals surface area contributed by atoms with E-state index in [1.54, 1.807) is 11.3 Å². The van der Waals surface area contributed by atoms with Crippen LogP contribution in [0.3, 0.4) is 0 Å². The monoisotopic (exact) mass is 413 g/mol. The van der Waals surface area contributed by atoms with Crippen molar-refractivity contribution in [2.24, 2.45) is 5.73 Å². The summed E-state index contributed by atoms with van der Waals surface area (Å²) >= 11 is 10.2. The minimum atomic E-state index is -0.0291. The van der Waals surface area contributed by atoms with Crippen molar-refractivity contribution < 1.29 is 0 Å². The van der Waals surface area contributed by atoms with Gasteiger partial charge in [-0.05, 0) is 75.2 Å². The lowest BCUT2D eigenvalue weighted by atomic mass is 9.99. The van der Waals surface area contributed by atoms with Gasteiger partial charge in [-0.15, -0.1) is 11.3 Å². The number of nitrogens with two attached hydrogens (primary N) is 1. The number of benzene rings is 2. The summed E-state index contributed by atoms with van der Waals surface area (Å²) in [5.74, 6) is 0. The Morgan fingerprint density at radius 3 is 2.85 bits per heavy atom. The summed E-state index contributed by atoms with van der Waals surface area (Å²) in [6.45, 7) is 0. The molecule has 2 aromatic carbocycles. The fraction of sp³-hybridized carbons (Fsp3) is 0.125.